The zero-order chi connectivity index (χ0) is 18.3. The molecule has 26 heavy (non-hydrogen) atoms. The van der Waals surface area contributed by atoms with Crippen LogP contribution in [-0.4, -0.2) is 23.1 Å². The Bertz CT molecular complexity index is 1020. The second kappa shape index (κ2) is 6.71. The largest absolute Gasteiger partial charge is 0.334 e. The van der Waals surface area contributed by atoms with E-state index in [2.05, 4.69) is 0 Å². The van der Waals surface area contributed by atoms with Crippen molar-refractivity contribution in [1.82, 2.24) is 4.90 Å². The van der Waals surface area contributed by atoms with E-state index in [1.165, 1.54) is 11.3 Å². The molecule has 0 aliphatic heterocycles. The highest BCUT2D eigenvalue weighted by Gasteiger charge is 2.27. The molecular weight excluding hydrogens is 366 g/mol. The fourth-order valence-corrected chi connectivity index (χ4v) is 4.40. The molecule has 0 spiro atoms. The summed E-state index contributed by atoms with van der Waals surface area (Å²) >= 11 is 7.46. The van der Waals surface area contributed by atoms with Crippen molar-refractivity contribution < 1.29 is 9.59 Å². The molecule has 1 aromatic heterocycles. The highest BCUT2D eigenvalue weighted by molar-refractivity contribution is 7.16. The van der Waals surface area contributed by atoms with Crippen molar-refractivity contribution in [3.05, 3.63) is 80.5 Å². The van der Waals surface area contributed by atoms with E-state index in [-0.39, 0.29) is 11.7 Å². The number of hydrogen-bond acceptors (Lipinski definition) is 3. The van der Waals surface area contributed by atoms with Gasteiger partial charge in [-0.15, -0.1) is 11.3 Å². The van der Waals surface area contributed by atoms with Crippen molar-refractivity contribution in [1.29, 1.82) is 0 Å². The smallest absolute Gasteiger partial charge is 0.254 e. The minimum Gasteiger partial charge on any atom is -0.334 e. The van der Waals surface area contributed by atoms with Crippen molar-refractivity contribution in [3.8, 4) is 11.1 Å². The van der Waals surface area contributed by atoms with Gasteiger partial charge in [-0.2, -0.15) is 0 Å². The van der Waals surface area contributed by atoms with Gasteiger partial charge in [0.25, 0.3) is 5.91 Å². The molecule has 0 fully saturated rings. The number of halogens is 1. The first-order valence-electron chi connectivity index (χ1n) is 8.40. The van der Waals surface area contributed by atoms with Gasteiger partial charge in [0, 0.05) is 28.1 Å². The van der Waals surface area contributed by atoms with Crippen LogP contribution >= 0.6 is 22.9 Å². The number of amides is 1. The number of ketones is 1. The average molecular weight is 382 g/mol. The van der Waals surface area contributed by atoms with Crippen LogP contribution in [0.15, 0.2) is 54.6 Å². The van der Waals surface area contributed by atoms with Crippen LogP contribution in [0.4, 0.5) is 0 Å². The summed E-state index contributed by atoms with van der Waals surface area (Å²) in [6, 6.07) is 16.7. The van der Waals surface area contributed by atoms with Gasteiger partial charge in [0.05, 0.1) is 10.9 Å². The summed E-state index contributed by atoms with van der Waals surface area (Å²) in [5.41, 5.74) is 3.68. The molecule has 130 valence electrons. The molecule has 0 unspecified atom stereocenters. The summed E-state index contributed by atoms with van der Waals surface area (Å²) in [5.74, 6) is -0.0954. The molecule has 5 heteroatoms. The molecule has 3 nitrogen and oxygen atoms in total. The molecule has 1 aliphatic carbocycles. The lowest BCUT2D eigenvalue weighted by atomic mass is 10.0. The summed E-state index contributed by atoms with van der Waals surface area (Å²) in [7, 11) is 0. The number of carbonyl (C=O) groups is 2. The predicted octanol–water partition coefficient (Wildman–Crippen LogP) is 5.28. The van der Waals surface area contributed by atoms with Gasteiger partial charge in [-0.05, 0) is 42.3 Å². The van der Waals surface area contributed by atoms with E-state index in [4.69, 9.17) is 11.6 Å². The zero-order valence-corrected chi connectivity index (χ0v) is 15.7. The van der Waals surface area contributed by atoms with Crippen molar-refractivity contribution in [3.63, 3.8) is 0 Å². The maximum atomic E-state index is 13.0. The van der Waals surface area contributed by atoms with E-state index >= 15 is 0 Å². The third-order valence-corrected chi connectivity index (χ3v) is 5.83. The van der Waals surface area contributed by atoms with E-state index in [0.717, 1.165) is 16.0 Å². The molecule has 1 aliphatic rings. The quantitative estimate of drug-likeness (QED) is 0.482. The molecule has 0 bridgehead atoms. The summed E-state index contributed by atoms with van der Waals surface area (Å²) in [6.45, 7) is 3.04. The number of nitrogens with zero attached hydrogens (tertiary/aromatic N) is 1. The summed E-state index contributed by atoms with van der Waals surface area (Å²) < 4.78 is 0.712. The van der Waals surface area contributed by atoms with E-state index in [1.807, 2.05) is 49.4 Å². The number of hydrogen-bond donors (Lipinski definition) is 0. The minimum atomic E-state index is -0.0800. The highest BCUT2D eigenvalue weighted by atomic mass is 35.5. The van der Waals surface area contributed by atoms with Gasteiger partial charge in [-0.25, -0.2) is 0 Å². The Labute approximate surface area is 160 Å². The van der Waals surface area contributed by atoms with Crippen LogP contribution in [0.3, 0.4) is 0 Å². The lowest BCUT2D eigenvalue weighted by Crippen LogP contribution is -2.30. The first-order valence-corrected chi connectivity index (χ1v) is 9.59. The molecular formula is C21H16ClNO2S. The normalized spacial score (nSPS) is 12.0. The number of fused-ring (bicyclic) bond motifs is 3. The second-order valence-electron chi connectivity index (χ2n) is 6.16. The van der Waals surface area contributed by atoms with Crippen molar-refractivity contribution >= 4 is 34.6 Å². The fourth-order valence-electron chi connectivity index (χ4n) is 3.30. The van der Waals surface area contributed by atoms with E-state index in [1.54, 1.807) is 17.0 Å². The molecule has 0 saturated carbocycles. The Morgan fingerprint density at radius 3 is 2.42 bits per heavy atom. The molecule has 0 radical (unpaired) electrons. The first kappa shape index (κ1) is 17.0. The maximum absolute atomic E-state index is 13.0. The molecule has 1 heterocycles. The molecule has 2 aromatic carbocycles. The van der Waals surface area contributed by atoms with Gasteiger partial charge in [0.15, 0.2) is 5.78 Å². The molecule has 0 atom stereocenters. The molecule has 0 N–H and O–H groups in total. The van der Waals surface area contributed by atoms with Crippen LogP contribution in [0, 0.1) is 0 Å². The number of rotatable bonds is 4. The summed E-state index contributed by atoms with van der Waals surface area (Å²) in [5, 5.41) is 0. The zero-order valence-electron chi connectivity index (χ0n) is 14.2. The van der Waals surface area contributed by atoms with Gasteiger partial charge in [0.1, 0.15) is 0 Å². The monoisotopic (exact) mass is 381 g/mol. The number of thiophene rings is 1. The van der Waals surface area contributed by atoms with Crippen LogP contribution in [0.25, 0.3) is 11.1 Å². The Hall–Kier alpha value is -2.43. The lowest BCUT2D eigenvalue weighted by Gasteiger charge is -2.20. The lowest BCUT2D eigenvalue weighted by molar-refractivity contribution is 0.0754. The Morgan fingerprint density at radius 1 is 1.00 bits per heavy atom. The Morgan fingerprint density at radius 2 is 1.73 bits per heavy atom. The highest BCUT2D eigenvalue weighted by Crippen LogP contribution is 2.37. The second-order valence-corrected chi connectivity index (χ2v) is 7.96. The SMILES string of the molecule is CCN(Cc1ccc(Cl)s1)C(=O)c1ccc2c(c1)C(=O)c1ccccc1-2. The Balaban J connectivity index is 1.64. The maximum Gasteiger partial charge on any atom is 0.254 e. The first-order chi connectivity index (χ1) is 12.6. The van der Waals surface area contributed by atoms with Gasteiger partial charge in [0.2, 0.25) is 0 Å². The average Bonchev–Trinajstić information content (AvgIpc) is 3.20. The fraction of sp³-hybridized carbons (Fsp3) is 0.143. The van der Waals surface area contributed by atoms with Crippen LogP contribution < -0.4 is 0 Å². The Kier molecular flexibility index (Phi) is 4.39. The van der Waals surface area contributed by atoms with E-state index < -0.39 is 0 Å². The van der Waals surface area contributed by atoms with Crippen LogP contribution in [0.2, 0.25) is 4.34 Å². The topological polar surface area (TPSA) is 37.4 Å². The van der Waals surface area contributed by atoms with Crippen molar-refractivity contribution in [2.75, 3.05) is 6.54 Å². The van der Waals surface area contributed by atoms with Crippen LogP contribution in [0.5, 0.6) is 0 Å². The van der Waals surface area contributed by atoms with E-state index in [0.29, 0.717) is 34.1 Å². The minimum absolute atomic E-state index is 0.0154. The van der Waals surface area contributed by atoms with Crippen molar-refractivity contribution in [2.24, 2.45) is 0 Å². The molecule has 1 amide bonds. The summed E-state index contributed by atoms with van der Waals surface area (Å²) in [4.78, 5) is 28.4. The van der Waals surface area contributed by atoms with Crippen LogP contribution in [-0.2, 0) is 6.54 Å². The van der Waals surface area contributed by atoms with Gasteiger partial charge >= 0.3 is 0 Å². The van der Waals surface area contributed by atoms with Gasteiger partial charge in [-0.3, -0.25) is 9.59 Å². The number of benzene rings is 2. The molecule has 0 saturated heterocycles. The molecule has 4 rings (SSSR count). The van der Waals surface area contributed by atoms with Gasteiger partial charge in [-0.1, -0.05) is 41.9 Å². The third-order valence-electron chi connectivity index (χ3n) is 4.62. The van der Waals surface area contributed by atoms with Crippen molar-refractivity contribution in [2.45, 2.75) is 13.5 Å². The van der Waals surface area contributed by atoms with Gasteiger partial charge < -0.3 is 4.90 Å². The predicted molar refractivity (Wildman–Crippen MR) is 105 cm³/mol. The third kappa shape index (κ3) is 2.85. The van der Waals surface area contributed by atoms with E-state index in [9.17, 15) is 9.59 Å². The summed E-state index contributed by atoms with van der Waals surface area (Å²) in [6.07, 6.45) is 0. The standard InChI is InChI=1S/C21H16ClNO2S/c1-2-23(12-14-8-10-19(22)26-14)21(25)13-7-9-16-15-5-3-4-6-17(15)20(24)18(16)11-13/h3-11H,2,12H2,1H3. The molecule has 3 aromatic rings. The number of carbonyl (C=O) groups excluding carboxylic acids is 2. The van der Waals surface area contributed by atoms with Crippen LogP contribution in [0.1, 0.15) is 38.1 Å².